The van der Waals surface area contributed by atoms with Crippen molar-refractivity contribution in [2.45, 2.75) is 83.1 Å². The van der Waals surface area contributed by atoms with Gasteiger partial charge in [-0.15, -0.1) is 0 Å². The number of unbranched alkanes of at least 4 members (excludes halogenated alkanes) is 5. The largest absolute Gasteiger partial charge is 0.303 e. The summed E-state index contributed by atoms with van der Waals surface area (Å²) in [6, 6.07) is 11.7. The molecule has 0 radical (unpaired) electrons. The molecule has 1 heterocycles. The van der Waals surface area contributed by atoms with E-state index in [1.807, 2.05) is 0 Å². The van der Waals surface area contributed by atoms with Crippen LogP contribution in [0.3, 0.4) is 0 Å². The Kier molecular flexibility index (Phi) is 9.79. The number of aldehydes is 1. The van der Waals surface area contributed by atoms with Crippen LogP contribution in [0.25, 0.3) is 0 Å². The number of aryl methyl sites for hydroxylation is 1. The first-order chi connectivity index (χ1) is 11.9. The molecule has 1 atom stereocenters. The van der Waals surface area contributed by atoms with Crippen LogP contribution in [0.4, 0.5) is 0 Å². The lowest BCUT2D eigenvalue weighted by molar-refractivity contribution is -0.107. The van der Waals surface area contributed by atoms with Gasteiger partial charge in [-0.2, -0.15) is 0 Å². The van der Waals surface area contributed by atoms with Gasteiger partial charge in [-0.25, -0.2) is 0 Å². The summed E-state index contributed by atoms with van der Waals surface area (Å²) >= 11 is 0. The molecule has 0 spiro atoms. The molecule has 1 aliphatic heterocycles. The van der Waals surface area contributed by atoms with Crippen LogP contribution in [0.15, 0.2) is 30.3 Å². The number of piperidine rings is 1. The molecule has 1 aliphatic rings. The van der Waals surface area contributed by atoms with Gasteiger partial charge in [0.25, 0.3) is 0 Å². The minimum atomic E-state index is 0.741. The van der Waals surface area contributed by atoms with Gasteiger partial charge >= 0.3 is 0 Å². The Balaban J connectivity index is 1.57. The Labute approximate surface area is 148 Å². The lowest BCUT2D eigenvalue weighted by Gasteiger charge is -2.36. The molecule has 2 nitrogen and oxygen atoms in total. The van der Waals surface area contributed by atoms with E-state index in [0.717, 1.165) is 25.2 Å². The quantitative estimate of drug-likeness (QED) is 0.378. The number of likely N-dealkylation sites (tertiary alicyclic amines) is 1. The molecule has 1 unspecified atom stereocenters. The maximum atomic E-state index is 10.4. The number of benzene rings is 1. The van der Waals surface area contributed by atoms with Crippen LogP contribution in [0.1, 0.15) is 76.2 Å². The number of nitrogens with zero attached hydrogens (tertiary/aromatic N) is 1. The SMILES string of the molecule is O=CCCCCCN1CCCCC1CCCCCc1ccccc1. The second kappa shape index (κ2) is 12.2. The van der Waals surface area contributed by atoms with E-state index in [4.69, 9.17) is 0 Å². The molecule has 0 amide bonds. The van der Waals surface area contributed by atoms with Crippen LogP contribution in [0, 0.1) is 0 Å². The molecular weight excluding hydrogens is 294 g/mol. The van der Waals surface area contributed by atoms with Gasteiger partial charge in [0.2, 0.25) is 0 Å². The summed E-state index contributed by atoms with van der Waals surface area (Å²) in [7, 11) is 0. The zero-order valence-electron chi connectivity index (χ0n) is 15.3. The summed E-state index contributed by atoms with van der Waals surface area (Å²) in [6.07, 6.45) is 16.2. The molecule has 1 aromatic carbocycles. The van der Waals surface area contributed by atoms with Crippen LogP contribution >= 0.6 is 0 Å². The summed E-state index contributed by atoms with van der Waals surface area (Å²) in [6.45, 7) is 2.54. The molecule has 134 valence electrons. The Morgan fingerprint density at radius 3 is 2.62 bits per heavy atom. The predicted octanol–water partition coefficient (Wildman–Crippen LogP) is 5.40. The van der Waals surface area contributed by atoms with Gasteiger partial charge in [-0.1, -0.05) is 56.0 Å². The van der Waals surface area contributed by atoms with E-state index >= 15 is 0 Å². The van der Waals surface area contributed by atoms with Crippen molar-refractivity contribution in [2.24, 2.45) is 0 Å². The molecule has 0 aromatic heterocycles. The summed E-state index contributed by atoms with van der Waals surface area (Å²) in [4.78, 5) is 13.1. The summed E-state index contributed by atoms with van der Waals surface area (Å²) in [5.41, 5.74) is 1.48. The van der Waals surface area contributed by atoms with Crippen molar-refractivity contribution in [2.75, 3.05) is 13.1 Å². The molecule has 24 heavy (non-hydrogen) atoms. The molecule has 0 N–H and O–H groups in total. The molecule has 1 saturated heterocycles. The molecule has 2 rings (SSSR count). The topological polar surface area (TPSA) is 20.3 Å². The Hall–Kier alpha value is -1.15. The average molecular weight is 330 g/mol. The average Bonchev–Trinajstić information content (AvgIpc) is 2.63. The van der Waals surface area contributed by atoms with E-state index < -0.39 is 0 Å². The van der Waals surface area contributed by atoms with E-state index in [0.29, 0.717) is 0 Å². The van der Waals surface area contributed by atoms with Crippen molar-refractivity contribution in [3.63, 3.8) is 0 Å². The number of rotatable bonds is 12. The minimum absolute atomic E-state index is 0.741. The van der Waals surface area contributed by atoms with Gasteiger partial charge in [-0.3, -0.25) is 0 Å². The third-order valence-electron chi connectivity index (χ3n) is 5.36. The molecule has 2 heteroatoms. The molecular formula is C22H35NO. The number of hydrogen-bond acceptors (Lipinski definition) is 2. The first-order valence-electron chi connectivity index (χ1n) is 10.1. The third-order valence-corrected chi connectivity index (χ3v) is 5.36. The van der Waals surface area contributed by atoms with E-state index in [1.54, 1.807) is 0 Å². The fourth-order valence-electron chi connectivity index (χ4n) is 3.93. The van der Waals surface area contributed by atoms with Crippen molar-refractivity contribution in [1.82, 2.24) is 4.90 Å². The van der Waals surface area contributed by atoms with Crippen molar-refractivity contribution >= 4 is 6.29 Å². The van der Waals surface area contributed by atoms with Crippen LogP contribution in [-0.2, 0) is 11.2 Å². The van der Waals surface area contributed by atoms with Crippen LogP contribution in [0.2, 0.25) is 0 Å². The lowest BCUT2D eigenvalue weighted by atomic mass is 9.95. The maximum Gasteiger partial charge on any atom is 0.119 e. The van der Waals surface area contributed by atoms with Gasteiger partial charge < -0.3 is 9.69 Å². The summed E-state index contributed by atoms with van der Waals surface area (Å²) < 4.78 is 0. The number of carbonyl (C=O) groups is 1. The van der Waals surface area contributed by atoms with Crippen molar-refractivity contribution in [3.05, 3.63) is 35.9 Å². The summed E-state index contributed by atoms with van der Waals surface area (Å²) in [5.74, 6) is 0. The highest BCUT2D eigenvalue weighted by atomic mass is 16.1. The van der Waals surface area contributed by atoms with Gasteiger partial charge in [0, 0.05) is 12.5 Å². The molecule has 1 fully saturated rings. The fourth-order valence-corrected chi connectivity index (χ4v) is 3.93. The van der Waals surface area contributed by atoms with E-state index in [1.165, 1.54) is 82.9 Å². The smallest absolute Gasteiger partial charge is 0.119 e. The molecule has 0 saturated carbocycles. The first kappa shape index (κ1) is 19.2. The molecule has 0 aliphatic carbocycles. The van der Waals surface area contributed by atoms with E-state index in [2.05, 4.69) is 35.2 Å². The van der Waals surface area contributed by atoms with Crippen LogP contribution in [-0.4, -0.2) is 30.3 Å². The number of carbonyl (C=O) groups excluding carboxylic acids is 1. The molecule has 0 bridgehead atoms. The Morgan fingerprint density at radius 2 is 1.79 bits per heavy atom. The highest BCUT2D eigenvalue weighted by molar-refractivity contribution is 5.48. The minimum Gasteiger partial charge on any atom is -0.303 e. The van der Waals surface area contributed by atoms with Crippen LogP contribution < -0.4 is 0 Å². The monoisotopic (exact) mass is 329 g/mol. The van der Waals surface area contributed by atoms with Crippen molar-refractivity contribution in [1.29, 1.82) is 0 Å². The van der Waals surface area contributed by atoms with Gasteiger partial charge in [-0.05, 0) is 63.6 Å². The van der Waals surface area contributed by atoms with E-state index in [9.17, 15) is 4.79 Å². The third kappa shape index (κ3) is 7.61. The van der Waals surface area contributed by atoms with Crippen molar-refractivity contribution in [3.8, 4) is 0 Å². The normalized spacial score (nSPS) is 18.6. The highest BCUT2D eigenvalue weighted by Crippen LogP contribution is 2.22. The fraction of sp³-hybridized carbons (Fsp3) is 0.682. The summed E-state index contributed by atoms with van der Waals surface area (Å²) in [5, 5.41) is 0. The second-order valence-corrected chi connectivity index (χ2v) is 7.29. The predicted molar refractivity (Wildman–Crippen MR) is 102 cm³/mol. The van der Waals surface area contributed by atoms with Crippen molar-refractivity contribution < 1.29 is 4.79 Å². The number of hydrogen-bond donors (Lipinski definition) is 0. The van der Waals surface area contributed by atoms with Crippen LogP contribution in [0.5, 0.6) is 0 Å². The second-order valence-electron chi connectivity index (χ2n) is 7.29. The van der Waals surface area contributed by atoms with Gasteiger partial charge in [0.1, 0.15) is 6.29 Å². The zero-order chi connectivity index (χ0) is 16.9. The first-order valence-corrected chi connectivity index (χ1v) is 10.1. The Bertz CT molecular complexity index is 431. The standard InChI is InChI=1S/C22H35NO/c24-20-12-2-1-10-18-23-19-11-9-17-22(23)16-8-4-7-15-21-13-5-3-6-14-21/h3,5-6,13-14,20,22H,1-2,4,7-12,15-19H2. The Morgan fingerprint density at radius 1 is 0.958 bits per heavy atom. The maximum absolute atomic E-state index is 10.4. The lowest BCUT2D eigenvalue weighted by Crippen LogP contribution is -2.40. The molecule has 1 aromatic rings. The van der Waals surface area contributed by atoms with E-state index in [-0.39, 0.29) is 0 Å². The van der Waals surface area contributed by atoms with Gasteiger partial charge in [0.05, 0.1) is 0 Å². The van der Waals surface area contributed by atoms with Gasteiger partial charge in [0.15, 0.2) is 0 Å². The zero-order valence-corrected chi connectivity index (χ0v) is 15.3. The highest BCUT2D eigenvalue weighted by Gasteiger charge is 2.21.